The third-order valence-corrected chi connectivity index (χ3v) is 3.42. The Morgan fingerprint density at radius 1 is 1.12 bits per heavy atom. The molecule has 2 aromatic rings. The lowest BCUT2D eigenvalue weighted by Gasteiger charge is -2.17. The molecular formula is C17H15F3N2O4. The first-order valence-corrected chi connectivity index (χ1v) is 7.33. The zero-order valence-corrected chi connectivity index (χ0v) is 13.8. The van der Waals surface area contributed by atoms with Crippen molar-refractivity contribution in [2.45, 2.75) is 13.0 Å². The van der Waals surface area contributed by atoms with Crippen molar-refractivity contribution in [2.75, 3.05) is 12.4 Å². The number of nitrogens with one attached hydrogen (secondary N) is 1. The van der Waals surface area contributed by atoms with Gasteiger partial charge in [0, 0.05) is 6.07 Å². The van der Waals surface area contributed by atoms with E-state index in [0.717, 1.165) is 6.07 Å². The minimum atomic E-state index is -1.71. The van der Waals surface area contributed by atoms with E-state index in [1.54, 1.807) is 0 Å². The van der Waals surface area contributed by atoms with Crippen molar-refractivity contribution in [3.05, 3.63) is 53.3 Å². The summed E-state index contributed by atoms with van der Waals surface area (Å²) in [5, 5.41) is 2.08. The second-order valence-corrected chi connectivity index (χ2v) is 5.20. The normalized spacial score (nSPS) is 11.6. The molecule has 2 aromatic carbocycles. The highest BCUT2D eigenvalue weighted by atomic mass is 19.2. The number of amides is 2. The van der Waals surface area contributed by atoms with Crippen LogP contribution in [0, 0.1) is 17.5 Å². The Labute approximate surface area is 146 Å². The van der Waals surface area contributed by atoms with Crippen molar-refractivity contribution < 1.29 is 32.2 Å². The standard InChI is InChI=1S/C17H15F3N2O4/c1-8(17(24)22-12-6-5-11(18)14(19)15(12)20)26-13-7-9(25-2)3-4-10(13)16(21)23/h3-8H,1-2H3,(H2,21,23)(H,22,24). The molecule has 0 radical (unpaired) electrons. The number of carbonyl (C=O) groups is 2. The molecule has 1 unspecified atom stereocenters. The van der Waals surface area contributed by atoms with Gasteiger partial charge in [0.2, 0.25) is 0 Å². The van der Waals surface area contributed by atoms with Gasteiger partial charge in [-0.2, -0.15) is 0 Å². The molecule has 26 heavy (non-hydrogen) atoms. The van der Waals surface area contributed by atoms with E-state index in [4.69, 9.17) is 15.2 Å². The molecule has 0 fully saturated rings. The number of anilines is 1. The zero-order chi connectivity index (χ0) is 19.4. The summed E-state index contributed by atoms with van der Waals surface area (Å²) in [6.45, 7) is 1.32. The molecule has 0 spiro atoms. The number of ether oxygens (including phenoxy) is 2. The van der Waals surface area contributed by atoms with Crippen LogP contribution in [0.5, 0.6) is 11.5 Å². The molecule has 0 aromatic heterocycles. The van der Waals surface area contributed by atoms with Gasteiger partial charge in [-0.25, -0.2) is 13.2 Å². The molecule has 0 aliphatic rings. The molecule has 0 aliphatic carbocycles. The first kappa shape index (κ1) is 19.1. The van der Waals surface area contributed by atoms with Crippen molar-refractivity contribution in [3.63, 3.8) is 0 Å². The molecule has 0 heterocycles. The van der Waals surface area contributed by atoms with Crippen LogP contribution < -0.4 is 20.5 Å². The second kappa shape index (κ2) is 7.77. The Morgan fingerprint density at radius 2 is 1.81 bits per heavy atom. The summed E-state index contributed by atoms with van der Waals surface area (Å²) in [6.07, 6.45) is -1.22. The number of primary amides is 1. The van der Waals surface area contributed by atoms with Crippen LogP contribution in [0.4, 0.5) is 18.9 Å². The van der Waals surface area contributed by atoms with Crippen LogP contribution in [0.2, 0.25) is 0 Å². The van der Waals surface area contributed by atoms with Crippen LogP contribution in [-0.2, 0) is 4.79 Å². The SMILES string of the molecule is COc1ccc(C(N)=O)c(OC(C)C(=O)Nc2ccc(F)c(F)c2F)c1. The summed E-state index contributed by atoms with van der Waals surface area (Å²) in [5.74, 6) is -5.94. The summed E-state index contributed by atoms with van der Waals surface area (Å²) in [7, 11) is 1.39. The fraction of sp³-hybridized carbons (Fsp3) is 0.176. The number of nitrogens with two attached hydrogens (primary N) is 1. The summed E-state index contributed by atoms with van der Waals surface area (Å²) in [4.78, 5) is 23.6. The lowest BCUT2D eigenvalue weighted by Crippen LogP contribution is -2.31. The lowest BCUT2D eigenvalue weighted by molar-refractivity contribution is -0.122. The van der Waals surface area contributed by atoms with E-state index in [9.17, 15) is 22.8 Å². The number of hydrogen-bond acceptors (Lipinski definition) is 4. The van der Waals surface area contributed by atoms with Gasteiger partial charge in [-0.05, 0) is 31.2 Å². The maximum atomic E-state index is 13.6. The quantitative estimate of drug-likeness (QED) is 0.767. The van der Waals surface area contributed by atoms with Crippen molar-refractivity contribution in [1.82, 2.24) is 0 Å². The van der Waals surface area contributed by atoms with E-state index in [1.807, 2.05) is 0 Å². The molecule has 6 nitrogen and oxygen atoms in total. The van der Waals surface area contributed by atoms with Gasteiger partial charge in [-0.15, -0.1) is 0 Å². The molecule has 1 atom stereocenters. The van der Waals surface area contributed by atoms with Crippen molar-refractivity contribution >= 4 is 17.5 Å². The van der Waals surface area contributed by atoms with Gasteiger partial charge in [0.05, 0.1) is 18.4 Å². The van der Waals surface area contributed by atoms with E-state index >= 15 is 0 Å². The van der Waals surface area contributed by atoms with Crippen LogP contribution in [0.1, 0.15) is 17.3 Å². The van der Waals surface area contributed by atoms with Gasteiger partial charge < -0.3 is 20.5 Å². The fourth-order valence-electron chi connectivity index (χ4n) is 2.03. The van der Waals surface area contributed by atoms with E-state index < -0.39 is 41.1 Å². The zero-order valence-electron chi connectivity index (χ0n) is 13.8. The maximum absolute atomic E-state index is 13.6. The molecule has 0 saturated heterocycles. The highest BCUT2D eigenvalue weighted by molar-refractivity contribution is 5.97. The van der Waals surface area contributed by atoms with Gasteiger partial charge in [0.15, 0.2) is 23.6 Å². The van der Waals surface area contributed by atoms with Gasteiger partial charge in [-0.1, -0.05) is 0 Å². The summed E-state index contributed by atoms with van der Waals surface area (Å²) < 4.78 is 50.2. The number of benzene rings is 2. The van der Waals surface area contributed by atoms with E-state index in [-0.39, 0.29) is 11.3 Å². The van der Waals surface area contributed by atoms with Gasteiger partial charge in [0.25, 0.3) is 11.8 Å². The number of carbonyl (C=O) groups excluding carboxylic acids is 2. The highest BCUT2D eigenvalue weighted by Gasteiger charge is 2.21. The Kier molecular flexibility index (Phi) is 5.71. The molecule has 0 bridgehead atoms. The van der Waals surface area contributed by atoms with Crippen molar-refractivity contribution in [1.29, 1.82) is 0 Å². The smallest absolute Gasteiger partial charge is 0.265 e. The summed E-state index contributed by atoms with van der Waals surface area (Å²) in [5.41, 5.74) is 4.70. The Morgan fingerprint density at radius 3 is 2.42 bits per heavy atom. The van der Waals surface area contributed by atoms with Gasteiger partial charge in [0.1, 0.15) is 11.5 Å². The molecule has 0 aliphatic heterocycles. The fourth-order valence-corrected chi connectivity index (χ4v) is 2.03. The Hall–Kier alpha value is -3.23. The molecule has 2 amide bonds. The number of halogens is 3. The minimum Gasteiger partial charge on any atom is -0.497 e. The first-order valence-electron chi connectivity index (χ1n) is 7.33. The summed E-state index contributed by atoms with van der Waals surface area (Å²) in [6, 6.07) is 5.73. The maximum Gasteiger partial charge on any atom is 0.265 e. The highest BCUT2D eigenvalue weighted by Crippen LogP contribution is 2.26. The monoisotopic (exact) mass is 368 g/mol. The average Bonchev–Trinajstić information content (AvgIpc) is 2.61. The molecule has 9 heteroatoms. The minimum absolute atomic E-state index is 0.00413. The van der Waals surface area contributed by atoms with Crippen LogP contribution >= 0.6 is 0 Å². The van der Waals surface area contributed by atoms with Crippen molar-refractivity contribution in [3.8, 4) is 11.5 Å². The number of rotatable bonds is 6. The van der Waals surface area contributed by atoms with Crippen LogP contribution in [-0.4, -0.2) is 25.0 Å². The van der Waals surface area contributed by atoms with Crippen molar-refractivity contribution in [2.24, 2.45) is 5.73 Å². The Balaban J connectivity index is 2.20. The molecule has 0 saturated carbocycles. The van der Waals surface area contributed by atoms with Crippen LogP contribution in [0.15, 0.2) is 30.3 Å². The largest absolute Gasteiger partial charge is 0.497 e. The van der Waals surface area contributed by atoms with Crippen LogP contribution in [0.3, 0.4) is 0 Å². The third kappa shape index (κ3) is 4.05. The lowest BCUT2D eigenvalue weighted by atomic mass is 10.1. The van der Waals surface area contributed by atoms with E-state index in [0.29, 0.717) is 11.8 Å². The number of methoxy groups -OCH3 is 1. The predicted octanol–water partition coefficient (Wildman–Crippen LogP) is 2.62. The average molecular weight is 368 g/mol. The second-order valence-electron chi connectivity index (χ2n) is 5.20. The third-order valence-electron chi connectivity index (χ3n) is 3.42. The van der Waals surface area contributed by atoms with Gasteiger partial charge >= 0.3 is 0 Å². The summed E-state index contributed by atoms with van der Waals surface area (Å²) >= 11 is 0. The molecular weight excluding hydrogens is 353 g/mol. The first-order chi connectivity index (χ1) is 12.2. The van der Waals surface area contributed by atoms with E-state index in [2.05, 4.69) is 5.32 Å². The topological polar surface area (TPSA) is 90.7 Å². The Bertz CT molecular complexity index is 858. The van der Waals surface area contributed by atoms with E-state index in [1.165, 1.54) is 32.2 Å². The molecule has 3 N–H and O–H groups in total. The number of hydrogen-bond donors (Lipinski definition) is 2. The molecule has 2 rings (SSSR count). The predicted molar refractivity (Wildman–Crippen MR) is 86.5 cm³/mol. The van der Waals surface area contributed by atoms with Gasteiger partial charge in [-0.3, -0.25) is 9.59 Å². The molecule has 138 valence electrons. The van der Waals surface area contributed by atoms with Crippen LogP contribution in [0.25, 0.3) is 0 Å².